The SMILES string of the molecule is COc1cc(CCC(=O)CC#N)cc(OC)c1. The molecular weight excluding hydrogens is 218 g/mol. The first-order chi connectivity index (χ1) is 8.19. The summed E-state index contributed by atoms with van der Waals surface area (Å²) in [6.45, 7) is 0. The van der Waals surface area contributed by atoms with Gasteiger partial charge in [0, 0.05) is 12.5 Å². The van der Waals surface area contributed by atoms with Crippen LogP contribution < -0.4 is 9.47 Å². The molecular formula is C13H15NO3. The first-order valence-corrected chi connectivity index (χ1v) is 5.30. The number of hydrogen-bond donors (Lipinski definition) is 0. The van der Waals surface area contributed by atoms with E-state index >= 15 is 0 Å². The molecule has 0 unspecified atom stereocenters. The third-order valence-corrected chi connectivity index (χ3v) is 2.38. The quantitative estimate of drug-likeness (QED) is 0.755. The number of nitrogens with zero attached hydrogens (tertiary/aromatic N) is 1. The van der Waals surface area contributed by atoms with E-state index < -0.39 is 0 Å². The van der Waals surface area contributed by atoms with Gasteiger partial charge in [-0.2, -0.15) is 5.26 Å². The molecule has 0 saturated carbocycles. The van der Waals surface area contributed by atoms with E-state index in [9.17, 15) is 4.79 Å². The van der Waals surface area contributed by atoms with Crippen molar-refractivity contribution in [1.29, 1.82) is 5.26 Å². The highest BCUT2D eigenvalue weighted by atomic mass is 16.5. The predicted molar refractivity (Wildman–Crippen MR) is 63.1 cm³/mol. The van der Waals surface area contributed by atoms with Crippen molar-refractivity contribution in [3.8, 4) is 17.6 Å². The summed E-state index contributed by atoms with van der Waals surface area (Å²) >= 11 is 0. The summed E-state index contributed by atoms with van der Waals surface area (Å²) < 4.78 is 10.3. The van der Waals surface area contributed by atoms with Gasteiger partial charge in [0.15, 0.2) is 0 Å². The zero-order chi connectivity index (χ0) is 12.7. The summed E-state index contributed by atoms with van der Waals surface area (Å²) in [4.78, 5) is 11.2. The molecule has 1 rings (SSSR count). The van der Waals surface area contributed by atoms with Crippen molar-refractivity contribution >= 4 is 5.78 Å². The number of hydrogen-bond acceptors (Lipinski definition) is 4. The Labute approximate surface area is 101 Å². The monoisotopic (exact) mass is 233 g/mol. The van der Waals surface area contributed by atoms with Crippen LogP contribution in [0.4, 0.5) is 0 Å². The fraction of sp³-hybridized carbons (Fsp3) is 0.385. The minimum absolute atomic E-state index is 0.0267. The molecule has 17 heavy (non-hydrogen) atoms. The molecule has 0 saturated heterocycles. The van der Waals surface area contributed by atoms with Crippen LogP contribution in [0.1, 0.15) is 18.4 Å². The lowest BCUT2D eigenvalue weighted by Gasteiger charge is -2.07. The Bertz CT molecular complexity index is 413. The van der Waals surface area contributed by atoms with Crippen LogP contribution in [-0.4, -0.2) is 20.0 Å². The van der Waals surface area contributed by atoms with Gasteiger partial charge in [0.2, 0.25) is 0 Å². The average Bonchev–Trinajstić information content (AvgIpc) is 2.36. The maximum Gasteiger partial charge on any atom is 0.147 e. The topological polar surface area (TPSA) is 59.3 Å². The second kappa shape index (κ2) is 6.54. The van der Waals surface area contributed by atoms with Crippen LogP contribution >= 0.6 is 0 Å². The van der Waals surface area contributed by atoms with Crippen LogP contribution in [0.5, 0.6) is 11.5 Å². The van der Waals surface area contributed by atoms with Gasteiger partial charge in [-0.25, -0.2) is 0 Å². The number of benzene rings is 1. The second-order valence-corrected chi connectivity index (χ2v) is 3.59. The van der Waals surface area contributed by atoms with Crippen LogP contribution in [0.15, 0.2) is 18.2 Å². The molecule has 0 amide bonds. The highest BCUT2D eigenvalue weighted by Gasteiger charge is 2.05. The fourth-order valence-corrected chi connectivity index (χ4v) is 1.47. The van der Waals surface area contributed by atoms with Crippen molar-refractivity contribution in [2.75, 3.05) is 14.2 Å². The van der Waals surface area contributed by atoms with Gasteiger partial charge in [-0.15, -0.1) is 0 Å². The Balaban J connectivity index is 2.70. The van der Waals surface area contributed by atoms with Crippen molar-refractivity contribution in [3.63, 3.8) is 0 Å². The van der Waals surface area contributed by atoms with Gasteiger partial charge >= 0.3 is 0 Å². The van der Waals surface area contributed by atoms with E-state index in [1.54, 1.807) is 20.3 Å². The number of carbonyl (C=O) groups excluding carboxylic acids is 1. The van der Waals surface area contributed by atoms with Gasteiger partial charge in [0.1, 0.15) is 17.3 Å². The molecule has 0 bridgehead atoms. The van der Waals surface area contributed by atoms with Crippen LogP contribution in [0.2, 0.25) is 0 Å². The molecule has 0 aliphatic rings. The van der Waals surface area contributed by atoms with Crippen molar-refractivity contribution in [3.05, 3.63) is 23.8 Å². The Morgan fingerprint density at radius 2 is 1.82 bits per heavy atom. The lowest BCUT2D eigenvalue weighted by atomic mass is 10.1. The highest BCUT2D eigenvalue weighted by Crippen LogP contribution is 2.23. The number of ether oxygens (including phenoxy) is 2. The van der Waals surface area contributed by atoms with E-state index in [-0.39, 0.29) is 12.2 Å². The Morgan fingerprint density at radius 1 is 1.24 bits per heavy atom. The average molecular weight is 233 g/mol. The Hall–Kier alpha value is -2.02. The standard InChI is InChI=1S/C13H15NO3/c1-16-12-7-10(8-13(9-12)17-2)3-4-11(15)5-6-14/h7-9H,3-5H2,1-2H3. The third kappa shape index (κ3) is 4.15. The fourth-order valence-electron chi connectivity index (χ4n) is 1.47. The lowest BCUT2D eigenvalue weighted by molar-refractivity contribution is -0.118. The van der Waals surface area contributed by atoms with Crippen LogP contribution in [0.3, 0.4) is 0 Å². The second-order valence-electron chi connectivity index (χ2n) is 3.59. The van der Waals surface area contributed by atoms with Crippen molar-refractivity contribution < 1.29 is 14.3 Å². The molecule has 90 valence electrons. The van der Waals surface area contributed by atoms with Gasteiger partial charge in [-0.3, -0.25) is 4.79 Å². The molecule has 1 aromatic rings. The maximum absolute atomic E-state index is 11.2. The van der Waals surface area contributed by atoms with E-state index in [0.717, 1.165) is 5.56 Å². The van der Waals surface area contributed by atoms with Gasteiger partial charge in [-0.1, -0.05) is 0 Å². The van der Waals surface area contributed by atoms with E-state index in [2.05, 4.69) is 0 Å². The zero-order valence-electron chi connectivity index (χ0n) is 10.0. The van der Waals surface area contributed by atoms with Gasteiger partial charge < -0.3 is 9.47 Å². The molecule has 0 aliphatic carbocycles. The normalized spacial score (nSPS) is 9.47. The molecule has 0 fully saturated rings. The predicted octanol–water partition coefficient (Wildman–Crippen LogP) is 2.12. The number of aryl methyl sites for hydroxylation is 1. The van der Waals surface area contributed by atoms with Gasteiger partial charge in [-0.05, 0) is 24.1 Å². The molecule has 1 aromatic carbocycles. The number of methoxy groups -OCH3 is 2. The molecule has 0 atom stereocenters. The number of rotatable bonds is 6. The third-order valence-electron chi connectivity index (χ3n) is 2.38. The molecule has 4 nitrogen and oxygen atoms in total. The molecule has 0 N–H and O–H groups in total. The van der Waals surface area contributed by atoms with Crippen molar-refractivity contribution in [2.24, 2.45) is 0 Å². The van der Waals surface area contributed by atoms with E-state index in [0.29, 0.717) is 24.3 Å². The Kier molecular flexibility index (Phi) is 5.02. The molecule has 0 aromatic heterocycles. The van der Waals surface area contributed by atoms with Crippen molar-refractivity contribution in [1.82, 2.24) is 0 Å². The number of carbonyl (C=O) groups is 1. The summed E-state index contributed by atoms with van der Waals surface area (Å²) in [5.41, 5.74) is 0.965. The number of nitriles is 1. The lowest BCUT2D eigenvalue weighted by Crippen LogP contribution is -1.99. The van der Waals surface area contributed by atoms with Crippen LogP contribution in [-0.2, 0) is 11.2 Å². The summed E-state index contributed by atoms with van der Waals surface area (Å²) in [5, 5.41) is 8.39. The smallest absolute Gasteiger partial charge is 0.147 e. The number of ketones is 1. The maximum atomic E-state index is 11.2. The largest absolute Gasteiger partial charge is 0.497 e. The van der Waals surface area contributed by atoms with Crippen molar-refractivity contribution in [2.45, 2.75) is 19.3 Å². The minimum atomic E-state index is -0.0470. The molecule has 0 heterocycles. The summed E-state index contributed by atoms with van der Waals surface area (Å²) in [6.07, 6.45) is 0.930. The van der Waals surface area contributed by atoms with Crippen LogP contribution in [0, 0.1) is 11.3 Å². The molecule has 4 heteroatoms. The summed E-state index contributed by atoms with van der Waals surface area (Å²) in [7, 11) is 3.17. The van der Waals surface area contributed by atoms with E-state index in [1.165, 1.54) is 0 Å². The summed E-state index contributed by atoms with van der Waals surface area (Å²) in [5.74, 6) is 1.36. The van der Waals surface area contributed by atoms with Gasteiger partial charge in [0.25, 0.3) is 0 Å². The molecule has 0 spiro atoms. The number of Topliss-reactive ketones (excluding diaryl/α,β-unsaturated/α-hetero) is 1. The minimum Gasteiger partial charge on any atom is -0.497 e. The first kappa shape index (κ1) is 13.0. The summed E-state index contributed by atoms with van der Waals surface area (Å²) in [6, 6.07) is 7.35. The Morgan fingerprint density at radius 3 is 2.29 bits per heavy atom. The molecule has 0 radical (unpaired) electrons. The highest BCUT2D eigenvalue weighted by molar-refractivity contribution is 5.80. The first-order valence-electron chi connectivity index (χ1n) is 5.30. The zero-order valence-corrected chi connectivity index (χ0v) is 10.0. The van der Waals surface area contributed by atoms with E-state index in [1.807, 2.05) is 18.2 Å². The van der Waals surface area contributed by atoms with E-state index in [4.69, 9.17) is 14.7 Å². The van der Waals surface area contributed by atoms with Gasteiger partial charge in [0.05, 0.1) is 26.7 Å². The molecule has 0 aliphatic heterocycles. The van der Waals surface area contributed by atoms with Crippen LogP contribution in [0.25, 0.3) is 0 Å².